The van der Waals surface area contributed by atoms with E-state index in [2.05, 4.69) is 0 Å². The third-order valence-corrected chi connectivity index (χ3v) is 5.25. The number of hydrogen-bond donors (Lipinski definition) is 2. The third-order valence-electron chi connectivity index (χ3n) is 5.25. The molecule has 0 saturated heterocycles. The molecular formula is C19H16O5. The van der Waals surface area contributed by atoms with Gasteiger partial charge >= 0.3 is 0 Å². The second-order valence-electron chi connectivity index (χ2n) is 6.86. The number of carbonyl (C=O) groups is 3. The second-order valence-corrected chi connectivity index (χ2v) is 6.86. The van der Waals surface area contributed by atoms with Gasteiger partial charge in [-0.05, 0) is 38.3 Å². The molecule has 0 unspecified atom stereocenters. The topological polar surface area (TPSA) is 91.7 Å². The van der Waals surface area contributed by atoms with Crippen molar-refractivity contribution in [3.8, 4) is 5.75 Å². The summed E-state index contributed by atoms with van der Waals surface area (Å²) in [7, 11) is 0. The van der Waals surface area contributed by atoms with Crippen molar-refractivity contribution in [2.24, 2.45) is 5.92 Å². The summed E-state index contributed by atoms with van der Waals surface area (Å²) in [4.78, 5) is 38.3. The minimum absolute atomic E-state index is 0.00155. The van der Waals surface area contributed by atoms with E-state index in [9.17, 15) is 24.6 Å². The summed E-state index contributed by atoms with van der Waals surface area (Å²) in [5, 5.41) is 21.0. The van der Waals surface area contributed by atoms with Gasteiger partial charge in [-0.15, -0.1) is 0 Å². The molecule has 0 bridgehead atoms. The van der Waals surface area contributed by atoms with E-state index in [0.29, 0.717) is 6.42 Å². The molecule has 122 valence electrons. The molecule has 4 rings (SSSR count). The fourth-order valence-corrected chi connectivity index (χ4v) is 4.29. The molecule has 3 aliphatic rings. The Morgan fingerprint density at radius 3 is 2.67 bits per heavy atom. The van der Waals surface area contributed by atoms with Crippen LogP contribution in [-0.2, 0) is 4.79 Å². The molecule has 5 nitrogen and oxygen atoms in total. The van der Waals surface area contributed by atoms with Crippen LogP contribution in [0.4, 0.5) is 0 Å². The van der Waals surface area contributed by atoms with Crippen molar-refractivity contribution in [3.05, 3.63) is 52.1 Å². The van der Waals surface area contributed by atoms with Crippen molar-refractivity contribution in [2.45, 2.75) is 31.8 Å². The lowest BCUT2D eigenvalue weighted by Gasteiger charge is -2.44. The summed E-state index contributed by atoms with van der Waals surface area (Å²) in [6, 6.07) is 4.33. The van der Waals surface area contributed by atoms with Crippen molar-refractivity contribution in [1.82, 2.24) is 0 Å². The highest BCUT2D eigenvalue weighted by Gasteiger charge is 2.53. The summed E-state index contributed by atoms with van der Waals surface area (Å²) in [6.07, 6.45) is 2.23. The zero-order valence-electron chi connectivity index (χ0n) is 13.1. The Morgan fingerprint density at radius 1 is 1.17 bits per heavy atom. The summed E-state index contributed by atoms with van der Waals surface area (Å²) in [6.45, 7) is 1.77. The Hall–Kier alpha value is -2.53. The molecule has 5 heteroatoms. The molecule has 0 heterocycles. The number of allylic oxidation sites excluding steroid dienone is 2. The molecule has 0 radical (unpaired) electrons. The zero-order chi connectivity index (χ0) is 17.2. The number of ketones is 3. The number of phenols is 1. The number of carbonyl (C=O) groups excluding carboxylic acids is 3. The zero-order valence-corrected chi connectivity index (χ0v) is 13.1. The van der Waals surface area contributed by atoms with E-state index in [0.717, 1.165) is 5.57 Å². The van der Waals surface area contributed by atoms with E-state index in [1.54, 1.807) is 6.92 Å². The average molecular weight is 324 g/mol. The number of benzene rings is 1. The van der Waals surface area contributed by atoms with Gasteiger partial charge in [-0.1, -0.05) is 17.7 Å². The minimum Gasteiger partial charge on any atom is -0.507 e. The largest absolute Gasteiger partial charge is 0.507 e. The fourth-order valence-electron chi connectivity index (χ4n) is 4.29. The number of hydrogen-bond acceptors (Lipinski definition) is 5. The van der Waals surface area contributed by atoms with Gasteiger partial charge in [-0.2, -0.15) is 0 Å². The van der Waals surface area contributed by atoms with Gasteiger partial charge in [0.2, 0.25) is 0 Å². The molecule has 1 aromatic rings. The van der Waals surface area contributed by atoms with Crippen LogP contribution >= 0.6 is 0 Å². The summed E-state index contributed by atoms with van der Waals surface area (Å²) in [5.41, 5.74) is -0.0799. The maximum atomic E-state index is 13.0. The standard InChI is InChI=1S/C19H16O5/c1-9-7-13(21)16-15-11(5-6-19(16,24)8-9)17(22)14-10(18(15)23)3-2-4-12(14)20/h2-4,7,16,20,24H,5-6,8H2,1H3/t16-,19+/m0/s1. The molecule has 2 N–H and O–H groups in total. The van der Waals surface area contributed by atoms with Crippen molar-refractivity contribution in [3.63, 3.8) is 0 Å². The Bertz CT molecular complexity index is 889. The highest BCUT2D eigenvalue weighted by atomic mass is 16.3. The fraction of sp³-hybridized carbons (Fsp3) is 0.316. The van der Waals surface area contributed by atoms with Crippen molar-refractivity contribution >= 4 is 17.3 Å². The van der Waals surface area contributed by atoms with Crippen molar-refractivity contribution in [2.75, 3.05) is 0 Å². The van der Waals surface area contributed by atoms with E-state index in [1.807, 2.05) is 0 Å². The molecule has 0 saturated carbocycles. The molecule has 24 heavy (non-hydrogen) atoms. The molecule has 3 aliphatic carbocycles. The summed E-state index contributed by atoms with van der Waals surface area (Å²) in [5.74, 6) is -2.43. The predicted molar refractivity (Wildman–Crippen MR) is 84.8 cm³/mol. The lowest BCUT2D eigenvalue weighted by Crippen LogP contribution is -2.51. The van der Waals surface area contributed by atoms with Crippen molar-refractivity contribution in [1.29, 1.82) is 0 Å². The van der Waals surface area contributed by atoms with Crippen LogP contribution < -0.4 is 0 Å². The van der Waals surface area contributed by atoms with E-state index >= 15 is 0 Å². The van der Waals surface area contributed by atoms with E-state index in [1.165, 1.54) is 24.3 Å². The lowest BCUT2D eigenvalue weighted by molar-refractivity contribution is -0.127. The minimum atomic E-state index is -1.32. The number of aromatic hydroxyl groups is 1. The van der Waals surface area contributed by atoms with E-state index in [4.69, 9.17) is 0 Å². The molecular weight excluding hydrogens is 308 g/mol. The normalized spacial score (nSPS) is 29.0. The van der Waals surface area contributed by atoms with Gasteiger partial charge in [0.15, 0.2) is 17.3 Å². The first-order valence-electron chi connectivity index (χ1n) is 7.91. The van der Waals surface area contributed by atoms with Crippen LogP contribution in [0.3, 0.4) is 0 Å². The van der Waals surface area contributed by atoms with Crippen LogP contribution in [0, 0.1) is 5.92 Å². The number of phenolic OH excluding ortho intramolecular Hbond substituents is 1. The first-order valence-corrected chi connectivity index (χ1v) is 7.91. The first kappa shape index (κ1) is 15.0. The summed E-state index contributed by atoms with van der Waals surface area (Å²) < 4.78 is 0. The molecule has 0 aliphatic heterocycles. The smallest absolute Gasteiger partial charge is 0.193 e. The van der Waals surface area contributed by atoms with Gasteiger partial charge in [0.25, 0.3) is 0 Å². The predicted octanol–water partition coefficient (Wildman–Crippen LogP) is 2.13. The molecule has 2 atom stereocenters. The summed E-state index contributed by atoms with van der Waals surface area (Å²) >= 11 is 0. The van der Waals surface area contributed by atoms with Gasteiger partial charge in [0.05, 0.1) is 17.1 Å². The first-order chi connectivity index (χ1) is 11.3. The van der Waals surface area contributed by atoms with Crippen LogP contribution in [0.25, 0.3) is 0 Å². The van der Waals surface area contributed by atoms with Crippen LogP contribution in [-0.4, -0.2) is 33.2 Å². The molecule has 1 aromatic carbocycles. The maximum absolute atomic E-state index is 13.0. The van der Waals surface area contributed by atoms with Gasteiger partial charge in [-0.3, -0.25) is 14.4 Å². The van der Waals surface area contributed by atoms with Crippen LogP contribution in [0.2, 0.25) is 0 Å². The highest BCUT2D eigenvalue weighted by Crippen LogP contribution is 2.48. The third kappa shape index (κ3) is 1.82. The van der Waals surface area contributed by atoms with Gasteiger partial charge < -0.3 is 10.2 Å². The Balaban J connectivity index is 1.95. The van der Waals surface area contributed by atoms with E-state index in [-0.39, 0.29) is 46.6 Å². The van der Waals surface area contributed by atoms with Crippen LogP contribution in [0.1, 0.15) is 46.9 Å². The average Bonchev–Trinajstić information content (AvgIpc) is 2.50. The molecule has 0 fully saturated rings. The number of fused-ring (bicyclic) bond motifs is 3. The quantitative estimate of drug-likeness (QED) is 0.763. The highest BCUT2D eigenvalue weighted by molar-refractivity contribution is 6.29. The lowest BCUT2D eigenvalue weighted by atomic mass is 9.61. The Labute approximate surface area is 138 Å². The van der Waals surface area contributed by atoms with Gasteiger partial charge in [-0.25, -0.2) is 0 Å². The number of rotatable bonds is 0. The molecule has 0 amide bonds. The number of aliphatic hydroxyl groups is 1. The van der Waals surface area contributed by atoms with Crippen LogP contribution in [0.15, 0.2) is 41.0 Å². The van der Waals surface area contributed by atoms with E-state index < -0.39 is 23.1 Å². The Kier molecular flexibility index (Phi) is 2.97. The van der Waals surface area contributed by atoms with Crippen molar-refractivity contribution < 1.29 is 24.6 Å². The van der Waals surface area contributed by atoms with Gasteiger partial charge in [0, 0.05) is 16.7 Å². The second kappa shape index (κ2) is 4.74. The molecule has 0 aromatic heterocycles. The maximum Gasteiger partial charge on any atom is 0.193 e. The number of Topliss-reactive ketones (excluding diaryl/α,β-unsaturated/α-hetero) is 2. The molecule has 0 spiro atoms. The van der Waals surface area contributed by atoms with Gasteiger partial charge in [0.1, 0.15) is 5.75 Å². The SMILES string of the molecule is CC1=CC(=O)[C@H]2C3=C(CC[C@@]2(O)C1)C(=O)c1c(O)cccc1C3=O. The monoisotopic (exact) mass is 324 g/mol. The van der Waals surface area contributed by atoms with Crippen LogP contribution in [0.5, 0.6) is 5.75 Å². The Morgan fingerprint density at radius 2 is 1.92 bits per heavy atom.